The molecule has 0 saturated carbocycles. The molecule has 0 heterocycles. The highest BCUT2D eigenvalue weighted by Crippen LogP contribution is 2.38. The predicted molar refractivity (Wildman–Crippen MR) is 116 cm³/mol. The zero-order valence-electron chi connectivity index (χ0n) is 17.6. The molecule has 2 aromatic carbocycles. The molecule has 1 unspecified atom stereocenters. The molecule has 0 saturated heterocycles. The van der Waals surface area contributed by atoms with Gasteiger partial charge in [-0.25, -0.2) is 4.79 Å². The molecule has 2 rings (SSSR count). The Labute approximate surface area is 176 Å². The topological polar surface area (TPSA) is 141 Å². The molecule has 0 aliphatic heterocycles. The van der Waals surface area contributed by atoms with E-state index in [1.807, 2.05) is 13.8 Å². The van der Waals surface area contributed by atoms with Crippen molar-refractivity contribution in [1.29, 1.82) is 5.41 Å². The van der Waals surface area contributed by atoms with Gasteiger partial charge in [-0.05, 0) is 43.2 Å². The van der Waals surface area contributed by atoms with E-state index in [2.05, 4.69) is 5.32 Å². The van der Waals surface area contributed by atoms with Crippen LogP contribution in [0.5, 0.6) is 5.75 Å². The lowest BCUT2D eigenvalue weighted by Crippen LogP contribution is -2.25. The summed E-state index contributed by atoms with van der Waals surface area (Å²) in [6.07, 6.45) is 0. The van der Waals surface area contributed by atoms with Crippen LogP contribution in [-0.2, 0) is 9.53 Å². The monoisotopic (exact) mass is 412 g/mol. The number of primary amides is 1. The predicted octanol–water partition coefficient (Wildman–Crippen LogP) is 2.92. The lowest BCUT2D eigenvalue weighted by molar-refractivity contribution is -0.144. The molecular formula is C22H28N4O4. The van der Waals surface area contributed by atoms with E-state index in [0.29, 0.717) is 33.7 Å². The molecule has 1 amide bonds. The van der Waals surface area contributed by atoms with Crippen molar-refractivity contribution in [3.8, 4) is 5.75 Å². The molecule has 2 aromatic rings. The van der Waals surface area contributed by atoms with Gasteiger partial charge in [-0.3, -0.25) is 10.2 Å². The van der Waals surface area contributed by atoms with Gasteiger partial charge in [-0.2, -0.15) is 0 Å². The first-order valence-electron chi connectivity index (χ1n) is 9.59. The van der Waals surface area contributed by atoms with Gasteiger partial charge in [0.1, 0.15) is 11.6 Å². The number of nitrogens with one attached hydrogen (secondary N) is 2. The molecule has 8 nitrogen and oxygen atoms in total. The summed E-state index contributed by atoms with van der Waals surface area (Å²) in [5.41, 5.74) is 13.7. The van der Waals surface area contributed by atoms with Crippen LogP contribution in [0.3, 0.4) is 0 Å². The normalized spacial score (nSPS) is 11.6. The average Bonchev–Trinajstić information content (AvgIpc) is 2.71. The number of ether oxygens (including phenoxy) is 2. The van der Waals surface area contributed by atoms with E-state index in [0.717, 1.165) is 0 Å². The number of nitrogen functional groups attached to an aromatic ring is 1. The van der Waals surface area contributed by atoms with Gasteiger partial charge in [0.2, 0.25) is 5.91 Å². The number of amides is 1. The molecule has 160 valence electrons. The van der Waals surface area contributed by atoms with Crippen molar-refractivity contribution in [2.75, 3.05) is 19.0 Å². The van der Waals surface area contributed by atoms with E-state index in [1.165, 1.54) is 7.11 Å². The van der Waals surface area contributed by atoms with Crippen LogP contribution in [0.1, 0.15) is 59.8 Å². The zero-order chi connectivity index (χ0) is 22.4. The van der Waals surface area contributed by atoms with E-state index in [-0.39, 0.29) is 18.4 Å². The van der Waals surface area contributed by atoms with Crippen LogP contribution in [0.25, 0.3) is 0 Å². The fraction of sp³-hybridized carbons (Fsp3) is 0.318. The minimum absolute atomic E-state index is 0.0474. The number of carbonyl (C=O) groups is 2. The van der Waals surface area contributed by atoms with Gasteiger partial charge >= 0.3 is 5.97 Å². The summed E-state index contributed by atoms with van der Waals surface area (Å²) in [5.74, 6) is -0.766. The Hall–Kier alpha value is -3.55. The second-order valence-electron chi connectivity index (χ2n) is 6.99. The molecule has 1 atom stereocenters. The molecule has 0 spiro atoms. The third kappa shape index (κ3) is 4.89. The number of hydrogen-bond acceptors (Lipinski definition) is 6. The Morgan fingerprint density at radius 3 is 2.20 bits per heavy atom. The summed E-state index contributed by atoms with van der Waals surface area (Å²) in [7, 11) is 1.49. The summed E-state index contributed by atoms with van der Waals surface area (Å²) >= 11 is 0. The zero-order valence-corrected chi connectivity index (χ0v) is 17.6. The molecule has 0 aromatic heterocycles. The largest absolute Gasteiger partial charge is 0.496 e. The maximum Gasteiger partial charge on any atom is 0.333 e. The van der Waals surface area contributed by atoms with Crippen LogP contribution >= 0.6 is 0 Å². The van der Waals surface area contributed by atoms with Crippen molar-refractivity contribution in [2.24, 2.45) is 11.5 Å². The van der Waals surface area contributed by atoms with E-state index in [4.69, 9.17) is 26.4 Å². The molecule has 0 fully saturated rings. The average molecular weight is 412 g/mol. The highest BCUT2D eigenvalue weighted by Gasteiger charge is 2.29. The summed E-state index contributed by atoms with van der Waals surface area (Å²) in [5, 5.41) is 10.7. The smallest absolute Gasteiger partial charge is 0.333 e. The third-order valence-corrected chi connectivity index (χ3v) is 4.61. The number of carbonyl (C=O) groups excluding carboxylic acids is 2. The fourth-order valence-electron chi connectivity index (χ4n) is 3.26. The molecular weight excluding hydrogens is 384 g/mol. The maximum atomic E-state index is 12.8. The lowest BCUT2D eigenvalue weighted by Gasteiger charge is -2.24. The van der Waals surface area contributed by atoms with Crippen molar-refractivity contribution in [3.63, 3.8) is 0 Å². The van der Waals surface area contributed by atoms with Crippen molar-refractivity contribution in [2.45, 2.75) is 32.7 Å². The molecule has 0 aliphatic carbocycles. The first-order chi connectivity index (χ1) is 14.2. The Kier molecular flexibility index (Phi) is 7.41. The number of nitrogens with two attached hydrogens (primary N) is 2. The van der Waals surface area contributed by atoms with Gasteiger partial charge in [0.05, 0.1) is 13.7 Å². The Balaban J connectivity index is 2.58. The van der Waals surface area contributed by atoms with Crippen molar-refractivity contribution in [3.05, 3.63) is 58.7 Å². The number of benzene rings is 2. The van der Waals surface area contributed by atoms with Crippen LogP contribution < -0.4 is 21.5 Å². The van der Waals surface area contributed by atoms with Gasteiger partial charge in [0.25, 0.3) is 0 Å². The second kappa shape index (κ2) is 9.78. The van der Waals surface area contributed by atoms with Gasteiger partial charge in [-0.1, -0.05) is 19.9 Å². The number of rotatable bonds is 9. The lowest BCUT2D eigenvalue weighted by atomic mass is 9.90. The fourth-order valence-corrected chi connectivity index (χ4v) is 3.26. The van der Waals surface area contributed by atoms with Crippen molar-refractivity contribution >= 4 is 23.4 Å². The van der Waals surface area contributed by atoms with E-state index in [1.54, 1.807) is 43.3 Å². The molecule has 0 bridgehead atoms. The second-order valence-corrected chi connectivity index (χ2v) is 6.99. The van der Waals surface area contributed by atoms with Crippen LogP contribution in [0.15, 0.2) is 36.4 Å². The highest BCUT2D eigenvalue weighted by atomic mass is 16.5. The summed E-state index contributed by atoms with van der Waals surface area (Å²) < 4.78 is 10.9. The molecule has 6 N–H and O–H groups in total. The molecule has 8 heteroatoms. The molecule has 0 radical (unpaired) electrons. The van der Waals surface area contributed by atoms with Crippen LogP contribution in [0.4, 0.5) is 5.69 Å². The van der Waals surface area contributed by atoms with Gasteiger partial charge < -0.3 is 26.3 Å². The van der Waals surface area contributed by atoms with Crippen LogP contribution in [0, 0.1) is 5.41 Å². The molecule has 30 heavy (non-hydrogen) atoms. The number of hydrogen-bond donors (Lipinski definition) is 4. The minimum atomic E-state index is -0.887. The van der Waals surface area contributed by atoms with E-state index in [9.17, 15) is 9.59 Å². The number of esters is 1. The Morgan fingerprint density at radius 1 is 1.10 bits per heavy atom. The SMILES string of the molecule is CCOC(=O)C(Nc1ccc(C(=N)N)cc1)c1ccc(C(N)=O)c(C(C)C)c1OC. The van der Waals surface area contributed by atoms with Gasteiger partial charge in [0, 0.05) is 27.9 Å². The maximum absolute atomic E-state index is 12.8. The third-order valence-electron chi connectivity index (χ3n) is 4.61. The summed E-state index contributed by atoms with van der Waals surface area (Å²) in [6.45, 7) is 5.77. The summed E-state index contributed by atoms with van der Waals surface area (Å²) in [4.78, 5) is 24.7. The number of amidine groups is 1. The van der Waals surface area contributed by atoms with Crippen LogP contribution in [0.2, 0.25) is 0 Å². The van der Waals surface area contributed by atoms with E-state index >= 15 is 0 Å². The van der Waals surface area contributed by atoms with Crippen LogP contribution in [-0.4, -0.2) is 31.4 Å². The molecule has 0 aliphatic rings. The number of anilines is 1. The first-order valence-corrected chi connectivity index (χ1v) is 9.59. The Morgan fingerprint density at radius 2 is 1.73 bits per heavy atom. The number of methoxy groups -OCH3 is 1. The quantitative estimate of drug-likeness (QED) is 0.283. The first kappa shape index (κ1) is 22.7. The minimum Gasteiger partial charge on any atom is -0.496 e. The highest BCUT2D eigenvalue weighted by molar-refractivity contribution is 5.96. The van der Waals surface area contributed by atoms with Crippen molar-refractivity contribution in [1.82, 2.24) is 0 Å². The summed E-state index contributed by atoms with van der Waals surface area (Å²) in [6, 6.07) is 9.15. The Bertz CT molecular complexity index is 939. The standard InChI is InChI=1S/C22H28N4O4/c1-5-30-22(28)18(26-14-8-6-13(7-9-14)20(23)24)16-11-10-15(21(25)27)17(12(2)3)19(16)29-4/h6-12,18,26H,5H2,1-4H3,(H3,23,24)(H2,25,27). The van der Waals surface area contributed by atoms with Crippen molar-refractivity contribution < 1.29 is 19.1 Å². The van der Waals surface area contributed by atoms with Gasteiger partial charge in [0.15, 0.2) is 6.04 Å². The van der Waals surface area contributed by atoms with E-state index < -0.39 is 17.9 Å². The van der Waals surface area contributed by atoms with Gasteiger partial charge in [-0.15, -0.1) is 0 Å².